The molecular weight excluding hydrogens is 463 g/mol. The SMILES string of the molecule is CCNC(=NCCCCN(C)C(C)C)N1CCC(Oc2ccccc2)CC1.I. The zero-order chi connectivity index (χ0) is 19.5. The van der Waals surface area contributed by atoms with Gasteiger partial charge in [-0.3, -0.25) is 4.99 Å². The number of rotatable bonds is 9. The topological polar surface area (TPSA) is 40.1 Å². The van der Waals surface area contributed by atoms with E-state index in [4.69, 9.17) is 9.73 Å². The molecule has 160 valence electrons. The molecule has 0 amide bonds. The highest BCUT2D eigenvalue weighted by atomic mass is 127. The summed E-state index contributed by atoms with van der Waals surface area (Å²) in [6, 6.07) is 10.8. The molecule has 0 atom stereocenters. The lowest BCUT2D eigenvalue weighted by atomic mass is 10.1. The van der Waals surface area contributed by atoms with Gasteiger partial charge in [-0.15, -0.1) is 24.0 Å². The molecule has 1 heterocycles. The Morgan fingerprint density at radius 2 is 1.89 bits per heavy atom. The number of likely N-dealkylation sites (tertiary alicyclic amines) is 1. The van der Waals surface area contributed by atoms with Gasteiger partial charge in [0.05, 0.1) is 0 Å². The van der Waals surface area contributed by atoms with Crippen LogP contribution in [-0.4, -0.2) is 67.7 Å². The Labute approximate surface area is 188 Å². The van der Waals surface area contributed by atoms with Gasteiger partial charge in [-0.25, -0.2) is 0 Å². The van der Waals surface area contributed by atoms with Crippen LogP contribution in [0.5, 0.6) is 5.75 Å². The Hall–Kier alpha value is -1.02. The number of hydrogen-bond acceptors (Lipinski definition) is 3. The third-order valence-electron chi connectivity index (χ3n) is 5.18. The maximum absolute atomic E-state index is 6.11. The van der Waals surface area contributed by atoms with Gasteiger partial charge >= 0.3 is 0 Å². The highest BCUT2D eigenvalue weighted by molar-refractivity contribution is 14.0. The van der Waals surface area contributed by atoms with E-state index < -0.39 is 0 Å². The van der Waals surface area contributed by atoms with Crippen molar-refractivity contribution in [3.05, 3.63) is 30.3 Å². The first-order chi connectivity index (χ1) is 13.1. The fourth-order valence-electron chi connectivity index (χ4n) is 3.22. The predicted molar refractivity (Wildman–Crippen MR) is 130 cm³/mol. The molecule has 0 spiro atoms. The number of halogens is 1. The zero-order valence-corrected chi connectivity index (χ0v) is 20.4. The van der Waals surface area contributed by atoms with Gasteiger partial charge in [0.1, 0.15) is 11.9 Å². The van der Waals surface area contributed by atoms with Crippen LogP contribution in [0.4, 0.5) is 0 Å². The van der Waals surface area contributed by atoms with Crippen LogP contribution in [0.2, 0.25) is 0 Å². The quantitative estimate of drug-likeness (QED) is 0.238. The number of nitrogens with one attached hydrogen (secondary N) is 1. The monoisotopic (exact) mass is 502 g/mol. The fourth-order valence-corrected chi connectivity index (χ4v) is 3.22. The number of aliphatic imine (C=N–C) groups is 1. The number of unbranched alkanes of at least 4 members (excludes halogenated alkanes) is 1. The average Bonchev–Trinajstić information content (AvgIpc) is 2.68. The molecule has 0 bridgehead atoms. The van der Waals surface area contributed by atoms with Crippen molar-refractivity contribution in [3.63, 3.8) is 0 Å². The van der Waals surface area contributed by atoms with Gasteiger partial charge in [0, 0.05) is 45.1 Å². The number of hydrogen-bond donors (Lipinski definition) is 1. The molecule has 6 heteroatoms. The van der Waals surface area contributed by atoms with Crippen molar-refractivity contribution < 1.29 is 4.74 Å². The summed E-state index contributed by atoms with van der Waals surface area (Å²) in [6.45, 7) is 11.6. The normalized spacial score (nSPS) is 15.6. The second kappa shape index (κ2) is 14.0. The average molecular weight is 502 g/mol. The van der Waals surface area contributed by atoms with Crippen LogP contribution in [0.1, 0.15) is 46.5 Å². The van der Waals surface area contributed by atoms with Crippen molar-refractivity contribution in [1.82, 2.24) is 15.1 Å². The smallest absolute Gasteiger partial charge is 0.193 e. The largest absolute Gasteiger partial charge is 0.490 e. The predicted octanol–water partition coefficient (Wildman–Crippen LogP) is 4.23. The molecule has 0 unspecified atom stereocenters. The molecule has 1 aromatic rings. The van der Waals surface area contributed by atoms with Gasteiger partial charge < -0.3 is 19.9 Å². The molecule has 1 aliphatic heterocycles. The van der Waals surface area contributed by atoms with Crippen LogP contribution in [0, 0.1) is 0 Å². The summed E-state index contributed by atoms with van der Waals surface area (Å²) >= 11 is 0. The second-order valence-corrected chi connectivity index (χ2v) is 7.63. The lowest BCUT2D eigenvalue weighted by molar-refractivity contribution is 0.129. The van der Waals surface area contributed by atoms with E-state index >= 15 is 0 Å². The van der Waals surface area contributed by atoms with E-state index in [1.54, 1.807) is 0 Å². The van der Waals surface area contributed by atoms with Crippen LogP contribution in [-0.2, 0) is 0 Å². The molecule has 1 saturated heterocycles. The van der Waals surface area contributed by atoms with Crippen molar-refractivity contribution in [2.45, 2.75) is 58.6 Å². The lowest BCUT2D eigenvalue weighted by Crippen LogP contribution is -2.47. The third kappa shape index (κ3) is 8.99. The summed E-state index contributed by atoms with van der Waals surface area (Å²) in [6.07, 6.45) is 4.72. The number of benzene rings is 1. The van der Waals surface area contributed by atoms with Crippen molar-refractivity contribution in [3.8, 4) is 5.75 Å². The first kappa shape index (κ1) is 25.0. The summed E-state index contributed by atoms with van der Waals surface area (Å²) in [7, 11) is 2.19. The fraction of sp³-hybridized carbons (Fsp3) is 0.682. The number of piperidine rings is 1. The maximum Gasteiger partial charge on any atom is 0.193 e. The highest BCUT2D eigenvalue weighted by Gasteiger charge is 2.22. The summed E-state index contributed by atoms with van der Waals surface area (Å²) in [4.78, 5) is 9.64. The number of guanidine groups is 1. The van der Waals surface area contributed by atoms with Crippen molar-refractivity contribution in [2.75, 3.05) is 39.8 Å². The first-order valence-electron chi connectivity index (χ1n) is 10.5. The third-order valence-corrected chi connectivity index (χ3v) is 5.18. The Kier molecular flexibility index (Phi) is 12.5. The Balaban J connectivity index is 0.00000392. The molecule has 1 fully saturated rings. The van der Waals surface area contributed by atoms with Crippen LogP contribution in [0.15, 0.2) is 35.3 Å². The number of ether oxygens (including phenoxy) is 1. The zero-order valence-electron chi connectivity index (χ0n) is 18.1. The molecular formula is C22H39IN4O. The van der Waals surface area contributed by atoms with Gasteiger partial charge in [0.25, 0.3) is 0 Å². The minimum absolute atomic E-state index is 0. The molecule has 1 aliphatic rings. The summed E-state index contributed by atoms with van der Waals surface area (Å²) in [5.74, 6) is 2.04. The molecule has 1 N–H and O–H groups in total. The van der Waals surface area contributed by atoms with Crippen molar-refractivity contribution in [1.29, 1.82) is 0 Å². The molecule has 28 heavy (non-hydrogen) atoms. The number of para-hydroxylation sites is 1. The van der Waals surface area contributed by atoms with Crippen LogP contribution >= 0.6 is 24.0 Å². The first-order valence-corrected chi connectivity index (χ1v) is 10.5. The van der Waals surface area contributed by atoms with E-state index in [0.717, 1.165) is 63.7 Å². The second-order valence-electron chi connectivity index (χ2n) is 7.63. The molecule has 0 radical (unpaired) electrons. The summed E-state index contributed by atoms with van der Waals surface area (Å²) in [5.41, 5.74) is 0. The van der Waals surface area contributed by atoms with Gasteiger partial charge in [0.15, 0.2) is 5.96 Å². The van der Waals surface area contributed by atoms with E-state index in [1.807, 2.05) is 30.3 Å². The molecule has 0 saturated carbocycles. The maximum atomic E-state index is 6.11. The van der Waals surface area contributed by atoms with Crippen molar-refractivity contribution >= 4 is 29.9 Å². The Morgan fingerprint density at radius 1 is 1.21 bits per heavy atom. The number of nitrogens with zero attached hydrogens (tertiary/aromatic N) is 3. The highest BCUT2D eigenvalue weighted by Crippen LogP contribution is 2.18. The molecule has 0 aliphatic carbocycles. The summed E-state index contributed by atoms with van der Waals surface area (Å²) in [5, 5.41) is 3.46. The molecule has 2 rings (SSSR count). The van der Waals surface area contributed by atoms with Crippen LogP contribution in [0.25, 0.3) is 0 Å². The Morgan fingerprint density at radius 3 is 2.50 bits per heavy atom. The van der Waals surface area contributed by atoms with Gasteiger partial charge in [-0.2, -0.15) is 0 Å². The summed E-state index contributed by atoms with van der Waals surface area (Å²) < 4.78 is 6.11. The van der Waals surface area contributed by atoms with E-state index in [0.29, 0.717) is 12.1 Å². The molecule has 0 aromatic heterocycles. The van der Waals surface area contributed by atoms with Gasteiger partial charge in [-0.05, 0) is 59.3 Å². The Bertz CT molecular complexity index is 545. The van der Waals surface area contributed by atoms with E-state index in [1.165, 1.54) is 6.42 Å². The molecule has 1 aromatic carbocycles. The van der Waals surface area contributed by atoms with Gasteiger partial charge in [0.2, 0.25) is 0 Å². The standard InChI is InChI=1S/C22H38N4O.HI/c1-5-23-22(24-15-9-10-16-25(4)19(2)3)26-17-13-21(14-18-26)27-20-11-7-6-8-12-20;/h6-8,11-12,19,21H,5,9-10,13-18H2,1-4H3,(H,23,24);1H. The minimum atomic E-state index is 0. The minimum Gasteiger partial charge on any atom is -0.490 e. The van der Waals surface area contributed by atoms with Gasteiger partial charge in [-0.1, -0.05) is 18.2 Å². The van der Waals surface area contributed by atoms with Crippen LogP contribution in [0.3, 0.4) is 0 Å². The van der Waals surface area contributed by atoms with E-state index in [2.05, 4.69) is 42.9 Å². The van der Waals surface area contributed by atoms with E-state index in [-0.39, 0.29) is 24.0 Å². The molecule has 5 nitrogen and oxygen atoms in total. The van der Waals surface area contributed by atoms with E-state index in [9.17, 15) is 0 Å². The lowest BCUT2D eigenvalue weighted by Gasteiger charge is -2.34. The van der Waals surface area contributed by atoms with Crippen LogP contribution < -0.4 is 10.1 Å². The van der Waals surface area contributed by atoms with Crippen molar-refractivity contribution in [2.24, 2.45) is 4.99 Å².